The van der Waals surface area contributed by atoms with Crippen molar-refractivity contribution in [2.24, 2.45) is 0 Å². The highest BCUT2D eigenvalue weighted by molar-refractivity contribution is 5.46. The van der Waals surface area contributed by atoms with Crippen molar-refractivity contribution in [3.05, 3.63) is 64.2 Å². The van der Waals surface area contributed by atoms with E-state index >= 15 is 0 Å². The van der Waals surface area contributed by atoms with Crippen molar-refractivity contribution in [3.63, 3.8) is 0 Å². The first-order chi connectivity index (χ1) is 12.5. The molecule has 0 aliphatic carbocycles. The number of aliphatic hydroxyl groups excluding tert-OH is 1. The second-order valence-corrected chi connectivity index (χ2v) is 7.27. The molecule has 2 aromatic rings. The Kier molecular flexibility index (Phi) is 7.28. The van der Waals surface area contributed by atoms with E-state index in [-0.39, 0.29) is 12.0 Å². The molecule has 0 atom stereocenters. The number of aliphatic hydroxyl groups is 1. The van der Waals surface area contributed by atoms with Gasteiger partial charge in [0.1, 0.15) is 5.75 Å². The number of rotatable bonds is 9. The zero-order valence-corrected chi connectivity index (χ0v) is 17.1. The molecule has 0 amide bonds. The Morgan fingerprint density at radius 3 is 2.00 bits per heavy atom. The highest BCUT2D eigenvalue weighted by atomic mass is 16.5. The fourth-order valence-corrected chi connectivity index (χ4v) is 3.84. The fourth-order valence-electron chi connectivity index (χ4n) is 3.84. The molecule has 0 aliphatic rings. The van der Waals surface area contributed by atoms with Crippen molar-refractivity contribution in [3.8, 4) is 5.75 Å². The molecule has 0 fully saturated rings. The van der Waals surface area contributed by atoms with E-state index in [1.807, 2.05) is 0 Å². The molecule has 0 saturated carbocycles. The summed E-state index contributed by atoms with van der Waals surface area (Å²) in [7, 11) is 0. The zero-order valence-electron chi connectivity index (χ0n) is 17.1. The number of hydrogen-bond donors (Lipinski definition) is 1. The van der Waals surface area contributed by atoms with Crippen LogP contribution in [-0.4, -0.2) is 11.7 Å². The van der Waals surface area contributed by atoms with Crippen LogP contribution in [0.2, 0.25) is 0 Å². The molecule has 0 spiro atoms. The molecule has 2 nitrogen and oxygen atoms in total. The summed E-state index contributed by atoms with van der Waals surface area (Å²) in [6, 6.07) is 13.2. The van der Waals surface area contributed by atoms with E-state index in [9.17, 15) is 5.11 Å². The molecule has 0 saturated heterocycles. The van der Waals surface area contributed by atoms with Gasteiger partial charge < -0.3 is 9.84 Å². The highest BCUT2D eigenvalue weighted by Gasteiger charge is 2.31. The van der Waals surface area contributed by atoms with Crippen LogP contribution in [0.15, 0.2) is 36.4 Å². The normalized spacial score (nSPS) is 11.6. The Morgan fingerprint density at radius 1 is 0.885 bits per heavy atom. The third-order valence-electron chi connectivity index (χ3n) is 5.76. The third kappa shape index (κ3) is 4.12. The molecule has 0 aliphatic heterocycles. The van der Waals surface area contributed by atoms with Gasteiger partial charge in [-0.05, 0) is 67.0 Å². The summed E-state index contributed by atoms with van der Waals surface area (Å²) in [5.41, 5.74) is 6.04. The topological polar surface area (TPSA) is 29.5 Å². The van der Waals surface area contributed by atoms with Gasteiger partial charge in [-0.15, -0.1) is 0 Å². The minimum atomic E-state index is -0.00848. The van der Waals surface area contributed by atoms with Gasteiger partial charge in [-0.25, -0.2) is 0 Å². The van der Waals surface area contributed by atoms with E-state index in [4.69, 9.17) is 4.74 Å². The van der Waals surface area contributed by atoms with Crippen LogP contribution in [0.3, 0.4) is 0 Å². The van der Waals surface area contributed by atoms with Crippen molar-refractivity contribution in [2.45, 2.75) is 72.3 Å². The van der Waals surface area contributed by atoms with Crippen LogP contribution in [0.4, 0.5) is 0 Å². The fraction of sp³-hybridized carbons (Fsp3) is 0.500. The van der Waals surface area contributed by atoms with Crippen LogP contribution < -0.4 is 4.74 Å². The SMILES string of the molecule is CCCCOc1ccc(C(CC)(CC)c2ccc(CO)c(C)c2)cc1C. The van der Waals surface area contributed by atoms with Crippen molar-refractivity contribution < 1.29 is 9.84 Å². The third-order valence-corrected chi connectivity index (χ3v) is 5.76. The molecule has 142 valence electrons. The van der Waals surface area contributed by atoms with Gasteiger partial charge in [-0.3, -0.25) is 0 Å². The van der Waals surface area contributed by atoms with Crippen LogP contribution in [-0.2, 0) is 12.0 Å². The summed E-state index contributed by atoms with van der Waals surface area (Å²) < 4.78 is 5.94. The second kappa shape index (κ2) is 9.23. The number of hydrogen-bond acceptors (Lipinski definition) is 2. The summed E-state index contributed by atoms with van der Waals surface area (Å²) in [4.78, 5) is 0. The quantitative estimate of drug-likeness (QED) is 0.553. The van der Waals surface area contributed by atoms with E-state index in [1.54, 1.807) is 0 Å². The van der Waals surface area contributed by atoms with Crippen molar-refractivity contribution in [2.75, 3.05) is 6.61 Å². The Morgan fingerprint density at radius 2 is 1.50 bits per heavy atom. The monoisotopic (exact) mass is 354 g/mol. The Labute approximate surface area is 159 Å². The lowest BCUT2D eigenvalue weighted by molar-refractivity contribution is 0.281. The zero-order chi connectivity index (χ0) is 19.2. The maximum absolute atomic E-state index is 9.49. The lowest BCUT2D eigenvalue weighted by atomic mass is 9.70. The summed E-state index contributed by atoms with van der Waals surface area (Å²) >= 11 is 0. The minimum absolute atomic E-state index is 0.00848. The van der Waals surface area contributed by atoms with Gasteiger partial charge in [0.05, 0.1) is 13.2 Å². The molecule has 1 N–H and O–H groups in total. The molecular formula is C24H34O2. The largest absolute Gasteiger partial charge is 0.493 e. The van der Waals surface area contributed by atoms with Gasteiger partial charge in [-0.1, -0.05) is 57.5 Å². The smallest absolute Gasteiger partial charge is 0.122 e. The molecule has 0 heterocycles. The number of ether oxygens (including phenoxy) is 1. The molecule has 2 rings (SSSR count). The molecule has 26 heavy (non-hydrogen) atoms. The van der Waals surface area contributed by atoms with Gasteiger partial charge in [0.25, 0.3) is 0 Å². The van der Waals surface area contributed by atoms with E-state index in [1.165, 1.54) is 16.7 Å². The van der Waals surface area contributed by atoms with Crippen molar-refractivity contribution in [1.29, 1.82) is 0 Å². The van der Waals surface area contributed by atoms with E-state index in [0.717, 1.165) is 49.2 Å². The first-order valence-corrected chi connectivity index (χ1v) is 9.97. The molecule has 2 aromatic carbocycles. The standard InChI is InChI=1S/C24H34O2/c1-6-9-14-26-23-13-12-22(16-19(23)5)24(7-2,8-3)21-11-10-20(17-25)18(4)15-21/h10-13,15-16,25H,6-9,14,17H2,1-5H3. The van der Waals surface area contributed by atoms with Crippen LogP contribution in [0.5, 0.6) is 5.75 Å². The van der Waals surface area contributed by atoms with E-state index in [2.05, 4.69) is 71.0 Å². The number of benzene rings is 2. The molecule has 0 aromatic heterocycles. The summed E-state index contributed by atoms with van der Waals surface area (Å²) in [5.74, 6) is 0.995. The lowest BCUT2D eigenvalue weighted by Gasteiger charge is -2.34. The Hall–Kier alpha value is -1.80. The Balaban J connectivity index is 2.42. The maximum atomic E-state index is 9.49. The van der Waals surface area contributed by atoms with Crippen molar-refractivity contribution in [1.82, 2.24) is 0 Å². The average Bonchev–Trinajstić information content (AvgIpc) is 2.65. The van der Waals surface area contributed by atoms with E-state index in [0.29, 0.717) is 0 Å². The van der Waals surface area contributed by atoms with Gasteiger partial charge in [0, 0.05) is 5.41 Å². The average molecular weight is 355 g/mol. The minimum Gasteiger partial charge on any atom is -0.493 e. The Bertz CT molecular complexity index is 714. The maximum Gasteiger partial charge on any atom is 0.122 e. The van der Waals surface area contributed by atoms with Gasteiger partial charge in [0.2, 0.25) is 0 Å². The first kappa shape index (κ1) is 20.5. The molecular weight excluding hydrogens is 320 g/mol. The van der Waals surface area contributed by atoms with Crippen molar-refractivity contribution >= 4 is 0 Å². The van der Waals surface area contributed by atoms with Crippen LogP contribution in [0, 0.1) is 13.8 Å². The molecule has 0 bridgehead atoms. The molecule has 0 unspecified atom stereocenters. The number of unbranched alkanes of at least 4 members (excludes halogenated alkanes) is 1. The van der Waals surface area contributed by atoms with Gasteiger partial charge in [0.15, 0.2) is 0 Å². The van der Waals surface area contributed by atoms with Crippen LogP contribution >= 0.6 is 0 Å². The molecule has 2 heteroatoms. The first-order valence-electron chi connectivity index (χ1n) is 9.97. The summed E-state index contributed by atoms with van der Waals surface area (Å²) in [5, 5.41) is 9.49. The van der Waals surface area contributed by atoms with Gasteiger partial charge >= 0.3 is 0 Å². The van der Waals surface area contributed by atoms with Crippen LogP contribution in [0.25, 0.3) is 0 Å². The predicted molar refractivity (Wildman–Crippen MR) is 110 cm³/mol. The van der Waals surface area contributed by atoms with Gasteiger partial charge in [-0.2, -0.15) is 0 Å². The summed E-state index contributed by atoms with van der Waals surface area (Å²) in [6.07, 6.45) is 4.31. The second-order valence-electron chi connectivity index (χ2n) is 7.27. The summed E-state index contributed by atoms with van der Waals surface area (Å²) in [6.45, 7) is 11.8. The highest BCUT2D eigenvalue weighted by Crippen LogP contribution is 2.40. The molecule has 0 radical (unpaired) electrons. The number of aryl methyl sites for hydroxylation is 2. The predicted octanol–water partition coefficient (Wildman–Crippen LogP) is 6.08. The van der Waals surface area contributed by atoms with Crippen LogP contribution in [0.1, 0.15) is 74.3 Å². The van der Waals surface area contributed by atoms with E-state index < -0.39 is 0 Å². The lowest BCUT2D eigenvalue weighted by Crippen LogP contribution is -2.26.